The van der Waals surface area contributed by atoms with E-state index in [9.17, 15) is 14.4 Å². The Morgan fingerprint density at radius 1 is 1.03 bits per heavy atom. The van der Waals surface area contributed by atoms with Crippen molar-refractivity contribution in [3.8, 4) is 0 Å². The number of carbonyl (C=O) groups is 3. The Hall–Kier alpha value is -3.13. The van der Waals surface area contributed by atoms with Crippen LogP contribution >= 0.6 is 11.8 Å². The van der Waals surface area contributed by atoms with Gasteiger partial charge in [-0.15, -0.1) is 0 Å². The highest BCUT2D eigenvalue weighted by Crippen LogP contribution is 2.29. The van der Waals surface area contributed by atoms with Crippen LogP contribution in [0.25, 0.3) is 0 Å². The van der Waals surface area contributed by atoms with Crippen molar-refractivity contribution in [1.29, 1.82) is 0 Å². The highest BCUT2D eigenvalue weighted by atomic mass is 32.2. The zero-order chi connectivity index (χ0) is 23.5. The lowest BCUT2D eigenvalue weighted by Gasteiger charge is -2.25. The maximum Gasteiger partial charge on any atom is 0.262 e. The normalized spacial score (nSPS) is 21.7. The number of aryl methyl sites for hydroxylation is 1. The van der Waals surface area contributed by atoms with Gasteiger partial charge in [0, 0.05) is 36.8 Å². The first kappa shape index (κ1) is 22.7. The number of nitrogens with zero attached hydrogens (tertiary/aromatic N) is 2. The Kier molecular flexibility index (Phi) is 6.67. The first-order valence-corrected chi connectivity index (χ1v) is 12.7. The molecule has 2 aliphatic heterocycles. The van der Waals surface area contributed by atoms with Crippen molar-refractivity contribution in [3.63, 3.8) is 0 Å². The second kappa shape index (κ2) is 10.0. The van der Waals surface area contributed by atoms with Gasteiger partial charge in [0.25, 0.3) is 11.8 Å². The van der Waals surface area contributed by atoms with Gasteiger partial charge in [-0.1, -0.05) is 36.0 Å². The summed E-state index contributed by atoms with van der Waals surface area (Å²) in [5.74, 6) is -0.581. The third-order valence-electron chi connectivity index (χ3n) is 6.59. The largest absolute Gasteiger partial charge is 0.351 e. The molecule has 2 atom stereocenters. The summed E-state index contributed by atoms with van der Waals surface area (Å²) in [5, 5.41) is 6.24. The van der Waals surface area contributed by atoms with Gasteiger partial charge in [-0.05, 0) is 67.5 Å². The first-order chi connectivity index (χ1) is 16.5. The molecule has 34 heavy (non-hydrogen) atoms. The van der Waals surface area contributed by atoms with Crippen LogP contribution in [0.3, 0.4) is 0 Å². The number of carbonyl (C=O) groups excluding carboxylic acids is 3. The molecule has 8 heteroatoms. The van der Waals surface area contributed by atoms with Gasteiger partial charge >= 0.3 is 0 Å². The molecular weight excluding hydrogens is 448 g/mol. The van der Waals surface area contributed by atoms with Crippen LogP contribution in [0.1, 0.15) is 47.2 Å². The number of nitrogens with one attached hydrogen (secondary N) is 2. The predicted octanol–water partition coefficient (Wildman–Crippen LogP) is 3.40. The van der Waals surface area contributed by atoms with E-state index in [1.54, 1.807) is 24.3 Å². The SMILES string of the molecule is O=C(CC1SC(N2CCCC2)=NC1=O)Nc1ccc(C(=O)NC2CCc3ccccc3C2)cc1. The van der Waals surface area contributed by atoms with Gasteiger partial charge in [-0.3, -0.25) is 14.4 Å². The first-order valence-electron chi connectivity index (χ1n) is 11.9. The number of amides is 3. The minimum Gasteiger partial charge on any atom is -0.351 e. The van der Waals surface area contributed by atoms with Crippen LogP contribution in [-0.2, 0) is 22.4 Å². The van der Waals surface area contributed by atoms with Crippen LogP contribution in [0.2, 0.25) is 0 Å². The molecule has 5 rings (SSSR count). The minimum atomic E-state index is -0.471. The molecular formula is C26H28N4O3S. The quantitative estimate of drug-likeness (QED) is 0.690. The molecule has 2 N–H and O–H groups in total. The molecule has 2 heterocycles. The summed E-state index contributed by atoms with van der Waals surface area (Å²) >= 11 is 1.39. The molecule has 1 saturated heterocycles. The Balaban J connectivity index is 1.11. The Morgan fingerprint density at radius 3 is 2.53 bits per heavy atom. The number of fused-ring (bicyclic) bond motifs is 1. The Bertz CT molecular complexity index is 1130. The van der Waals surface area contributed by atoms with E-state index in [1.165, 1.54) is 22.9 Å². The molecule has 0 saturated carbocycles. The molecule has 3 aliphatic rings. The van der Waals surface area contributed by atoms with E-state index < -0.39 is 5.25 Å². The number of amidine groups is 1. The molecule has 0 spiro atoms. The van der Waals surface area contributed by atoms with E-state index in [-0.39, 0.29) is 30.2 Å². The van der Waals surface area contributed by atoms with Crippen LogP contribution in [0.4, 0.5) is 5.69 Å². The molecule has 2 aromatic rings. The summed E-state index contributed by atoms with van der Waals surface area (Å²) in [6.45, 7) is 1.85. The topological polar surface area (TPSA) is 90.9 Å². The molecule has 7 nitrogen and oxygen atoms in total. The Labute approximate surface area is 203 Å². The second-order valence-electron chi connectivity index (χ2n) is 9.04. The van der Waals surface area contributed by atoms with Crippen molar-refractivity contribution in [1.82, 2.24) is 10.2 Å². The lowest BCUT2D eigenvalue weighted by molar-refractivity contribution is -0.121. The van der Waals surface area contributed by atoms with Gasteiger partial charge in [0.05, 0.1) is 0 Å². The van der Waals surface area contributed by atoms with Crippen molar-refractivity contribution in [3.05, 3.63) is 65.2 Å². The molecule has 0 bridgehead atoms. The monoisotopic (exact) mass is 476 g/mol. The van der Waals surface area contributed by atoms with Crippen molar-refractivity contribution in [2.24, 2.45) is 4.99 Å². The summed E-state index contributed by atoms with van der Waals surface area (Å²) in [4.78, 5) is 43.7. The van der Waals surface area contributed by atoms with Crippen LogP contribution in [0.15, 0.2) is 53.5 Å². The van der Waals surface area contributed by atoms with Gasteiger partial charge in [0.15, 0.2) is 5.17 Å². The summed E-state index contributed by atoms with van der Waals surface area (Å²) in [5.41, 5.74) is 3.82. The third-order valence-corrected chi connectivity index (χ3v) is 7.80. The lowest BCUT2D eigenvalue weighted by Crippen LogP contribution is -2.38. The molecule has 0 radical (unpaired) electrons. The van der Waals surface area contributed by atoms with E-state index in [1.807, 2.05) is 6.07 Å². The van der Waals surface area contributed by atoms with Gasteiger partial charge in [0.1, 0.15) is 5.25 Å². The van der Waals surface area contributed by atoms with E-state index in [0.717, 1.165) is 50.4 Å². The molecule has 3 amide bonds. The standard InChI is InChI=1S/C26H28N4O3S/c31-23(16-22-25(33)29-26(34-22)30-13-3-4-14-30)27-20-10-8-18(9-11-20)24(32)28-21-12-7-17-5-1-2-6-19(17)15-21/h1-2,5-6,8-11,21-22H,3-4,7,12-16H2,(H,27,31)(H,28,32). The number of hydrogen-bond acceptors (Lipinski definition) is 5. The predicted molar refractivity (Wildman–Crippen MR) is 134 cm³/mol. The van der Waals surface area contributed by atoms with Gasteiger partial charge in [0.2, 0.25) is 5.91 Å². The van der Waals surface area contributed by atoms with E-state index >= 15 is 0 Å². The van der Waals surface area contributed by atoms with Crippen LogP contribution < -0.4 is 10.6 Å². The second-order valence-corrected chi connectivity index (χ2v) is 10.2. The van der Waals surface area contributed by atoms with Gasteiger partial charge in [-0.2, -0.15) is 4.99 Å². The average molecular weight is 477 g/mol. The fourth-order valence-electron chi connectivity index (χ4n) is 4.73. The average Bonchev–Trinajstić information content (AvgIpc) is 3.50. The molecule has 1 fully saturated rings. The number of thioether (sulfide) groups is 1. The van der Waals surface area contributed by atoms with E-state index in [2.05, 4.69) is 38.7 Å². The smallest absolute Gasteiger partial charge is 0.262 e. The maximum atomic E-state index is 12.7. The number of benzene rings is 2. The minimum absolute atomic E-state index is 0.0791. The molecule has 2 unspecified atom stereocenters. The van der Waals surface area contributed by atoms with Crippen molar-refractivity contribution < 1.29 is 14.4 Å². The zero-order valence-corrected chi connectivity index (χ0v) is 19.8. The molecule has 0 aromatic heterocycles. The number of anilines is 1. The molecule has 176 valence electrons. The number of aliphatic imine (C=N–C) groups is 1. The highest BCUT2D eigenvalue weighted by molar-refractivity contribution is 8.15. The summed E-state index contributed by atoms with van der Waals surface area (Å²) in [6, 6.07) is 15.4. The van der Waals surface area contributed by atoms with Crippen molar-refractivity contribution >= 4 is 40.3 Å². The number of rotatable bonds is 5. The third kappa shape index (κ3) is 5.17. The van der Waals surface area contributed by atoms with E-state index in [0.29, 0.717) is 11.3 Å². The van der Waals surface area contributed by atoms with Crippen LogP contribution in [-0.4, -0.2) is 52.2 Å². The fourth-order valence-corrected chi connectivity index (χ4v) is 5.84. The van der Waals surface area contributed by atoms with Crippen LogP contribution in [0.5, 0.6) is 0 Å². The van der Waals surface area contributed by atoms with Gasteiger partial charge < -0.3 is 15.5 Å². The zero-order valence-electron chi connectivity index (χ0n) is 19.0. The number of likely N-dealkylation sites (tertiary alicyclic amines) is 1. The van der Waals surface area contributed by atoms with E-state index in [4.69, 9.17) is 0 Å². The number of hydrogen-bond donors (Lipinski definition) is 2. The fraction of sp³-hybridized carbons (Fsp3) is 0.385. The summed E-state index contributed by atoms with van der Waals surface area (Å²) in [6.07, 6.45) is 5.05. The Morgan fingerprint density at radius 2 is 1.76 bits per heavy atom. The molecule has 1 aliphatic carbocycles. The maximum absolute atomic E-state index is 12.7. The molecule has 2 aromatic carbocycles. The highest BCUT2D eigenvalue weighted by Gasteiger charge is 2.33. The summed E-state index contributed by atoms with van der Waals surface area (Å²) < 4.78 is 0. The van der Waals surface area contributed by atoms with Crippen LogP contribution in [0, 0.1) is 0 Å². The van der Waals surface area contributed by atoms with Gasteiger partial charge in [-0.25, -0.2) is 0 Å². The van der Waals surface area contributed by atoms with Crippen molar-refractivity contribution in [2.45, 2.75) is 49.8 Å². The lowest BCUT2D eigenvalue weighted by atomic mass is 9.88. The van der Waals surface area contributed by atoms with Crippen molar-refractivity contribution in [2.75, 3.05) is 18.4 Å². The summed E-state index contributed by atoms with van der Waals surface area (Å²) in [7, 11) is 0.